The monoisotopic (exact) mass is 362 g/mol. The molecule has 1 N–H and O–H groups in total. The first-order chi connectivity index (χ1) is 11.4. The average molecular weight is 362 g/mol. The zero-order chi connectivity index (χ0) is 17.3. The number of fused-ring (bicyclic) bond motifs is 1. The first kappa shape index (κ1) is 16.7. The lowest BCUT2D eigenvalue weighted by Crippen LogP contribution is -2.24. The van der Waals surface area contributed by atoms with Crippen molar-refractivity contribution in [3.63, 3.8) is 0 Å². The zero-order valence-corrected chi connectivity index (χ0v) is 14.3. The van der Waals surface area contributed by atoms with Gasteiger partial charge in [-0.05, 0) is 30.7 Å². The van der Waals surface area contributed by atoms with E-state index in [0.29, 0.717) is 27.4 Å². The van der Waals surface area contributed by atoms with E-state index in [1.54, 1.807) is 36.4 Å². The van der Waals surface area contributed by atoms with Crippen molar-refractivity contribution in [3.8, 4) is 5.69 Å². The molecule has 2 aromatic carbocycles. The molecule has 3 rings (SSSR count). The molecule has 6 nitrogen and oxygen atoms in total. The van der Waals surface area contributed by atoms with Gasteiger partial charge in [-0.15, -0.1) is 0 Å². The van der Waals surface area contributed by atoms with Crippen molar-refractivity contribution < 1.29 is 13.0 Å². The van der Waals surface area contributed by atoms with Crippen molar-refractivity contribution in [1.82, 2.24) is 9.55 Å². The van der Waals surface area contributed by atoms with Crippen LogP contribution in [0.4, 0.5) is 0 Å². The van der Waals surface area contributed by atoms with E-state index in [1.165, 1.54) is 4.57 Å². The molecule has 0 amide bonds. The topological polar surface area (TPSA) is 89.3 Å². The van der Waals surface area contributed by atoms with Crippen LogP contribution in [0.3, 0.4) is 0 Å². The molecule has 0 saturated carbocycles. The quantitative estimate of drug-likeness (QED) is 0.567. The largest absolute Gasteiger partial charge is 0.320 e. The predicted octanol–water partition coefficient (Wildman–Crippen LogP) is 2.73. The normalized spacial score (nSPS) is 11.8. The fourth-order valence-electron chi connectivity index (χ4n) is 2.47. The van der Waals surface area contributed by atoms with Gasteiger partial charge in [0.2, 0.25) is 0 Å². The van der Waals surface area contributed by atoms with E-state index in [-0.39, 0.29) is 17.1 Å². The Labute approximate surface area is 142 Å². The van der Waals surface area contributed by atoms with Crippen LogP contribution in [0.5, 0.6) is 0 Å². The van der Waals surface area contributed by atoms with Crippen LogP contribution in [0.2, 0.25) is 0 Å². The van der Waals surface area contributed by atoms with Gasteiger partial charge >= 0.3 is 9.15 Å². The van der Waals surface area contributed by atoms with Crippen LogP contribution in [0.25, 0.3) is 16.6 Å². The Bertz CT molecular complexity index is 1070. The molecule has 0 aliphatic heterocycles. The molecule has 1 aromatic heterocycles. The van der Waals surface area contributed by atoms with Gasteiger partial charge in [0.25, 0.3) is 5.56 Å². The second-order valence-electron chi connectivity index (χ2n) is 5.16. The van der Waals surface area contributed by atoms with Crippen molar-refractivity contribution in [1.29, 1.82) is 0 Å². The highest BCUT2D eigenvalue weighted by molar-refractivity contribution is 8.69. The number of hydrogen-bond donors (Lipinski definition) is 1. The average Bonchev–Trinajstić information content (AvgIpc) is 2.53. The van der Waals surface area contributed by atoms with Crippen molar-refractivity contribution in [3.05, 3.63) is 70.3 Å². The van der Waals surface area contributed by atoms with E-state index in [0.717, 1.165) is 5.56 Å². The third-order valence-electron chi connectivity index (χ3n) is 3.54. The van der Waals surface area contributed by atoms with Crippen molar-refractivity contribution in [2.24, 2.45) is 0 Å². The summed E-state index contributed by atoms with van der Waals surface area (Å²) in [4.78, 5) is 17.4. The number of para-hydroxylation sites is 2. The van der Waals surface area contributed by atoms with E-state index < -0.39 is 9.15 Å². The fraction of sp³-hybridized carbons (Fsp3) is 0.125. The molecule has 124 valence electrons. The Hall–Kier alpha value is -2.16. The fourth-order valence-corrected chi connectivity index (χ4v) is 3.68. The molecular weight excluding hydrogens is 348 g/mol. The van der Waals surface area contributed by atoms with Gasteiger partial charge in [-0.3, -0.25) is 13.9 Å². The standard InChI is InChI=1S/C16H14N2O4S2/c1-11-6-2-5-9-14(11)18-15(10-23-24(20,21)22)17-13-8-4-3-7-12(13)16(18)19/h2-9H,10H2,1H3,(H,20,21,22). The maximum absolute atomic E-state index is 12.9. The minimum absolute atomic E-state index is 0.146. The Morgan fingerprint density at radius 2 is 1.79 bits per heavy atom. The molecular formula is C16H14N2O4S2. The Kier molecular flexibility index (Phi) is 4.44. The van der Waals surface area contributed by atoms with Gasteiger partial charge in [-0.25, -0.2) is 4.98 Å². The third-order valence-corrected chi connectivity index (χ3v) is 5.46. The molecule has 0 spiro atoms. The highest BCUT2D eigenvalue weighted by Crippen LogP contribution is 2.21. The second kappa shape index (κ2) is 6.39. The van der Waals surface area contributed by atoms with Crippen molar-refractivity contribution in [2.75, 3.05) is 0 Å². The molecule has 0 unspecified atom stereocenters. The summed E-state index contributed by atoms with van der Waals surface area (Å²) >= 11 is 0. The lowest BCUT2D eigenvalue weighted by atomic mass is 10.2. The number of rotatable bonds is 4. The summed E-state index contributed by atoms with van der Waals surface area (Å²) in [5, 5.41) is 0.446. The van der Waals surface area contributed by atoms with Crippen LogP contribution >= 0.6 is 10.8 Å². The lowest BCUT2D eigenvalue weighted by Gasteiger charge is -2.14. The molecule has 0 saturated heterocycles. The Morgan fingerprint density at radius 1 is 1.12 bits per heavy atom. The molecule has 3 aromatic rings. The van der Waals surface area contributed by atoms with E-state index in [4.69, 9.17) is 4.55 Å². The molecule has 24 heavy (non-hydrogen) atoms. The molecule has 0 aliphatic carbocycles. The molecule has 8 heteroatoms. The van der Waals surface area contributed by atoms with E-state index in [2.05, 4.69) is 4.98 Å². The first-order valence-corrected chi connectivity index (χ1v) is 9.99. The van der Waals surface area contributed by atoms with Crippen LogP contribution in [0, 0.1) is 6.92 Å². The van der Waals surface area contributed by atoms with Crippen LogP contribution in [0.15, 0.2) is 53.3 Å². The number of benzene rings is 2. The van der Waals surface area contributed by atoms with Crippen LogP contribution in [0.1, 0.15) is 11.4 Å². The van der Waals surface area contributed by atoms with Crippen molar-refractivity contribution in [2.45, 2.75) is 12.7 Å². The maximum atomic E-state index is 12.9. The summed E-state index contributed by atoms with van der Waals surface area (Å²) in [6, 6.07) is 14.2. The van der Waals surface area contributed by atoms with Gasteiger partial charge in [0.1, 0.15) is 5.82 Å². The minimum Gasteiger partial charge on any atom is -0.277 e. The molecule has 0 atom stereocenters. The highest BCUT2D eigenvalue weighted by Gasteiger charge is 2.16. The van der Waals surface area contributed by atoms with Gasteiger partial charge in [0, 0.05) is 10.8 Å². The van der Waals surface area contributed by atoms with E-state index >= 15 is 0 Å². The lowest BCUT2D eigenvalue weighted by molar-refractivity contribution is 0.503. The minimum atomic E-state index is -4.24. The smallest absolute Gasteiger partial charge is 0.277 e. The molecule has 1 heterocycles. The first-order valence-electron chi connectivity index (χ1n) is 7.05. The molecule has 0 radical (unpaired) electrons. The Morgan fingerprint density at radius 3 is 2.50 bits per heavy atom. The van der Waals surface area contributed by atoms with Gasteiger partial charge in [0.15, 0.2) is 0 Å². The summed E-state index contributed by atoms with van der Waals surface area (Å²) in [5.41, 5.74) is 1.69. The summed E-state index contributed by atoms with van der Waals surface area (Å²) in [6.45, 7) is 1.86. The summed E-state index contributed by atoms with van der Waals surface area (Å²) in [7, 11) is -3.91. The van der Waals surface area contributed by atoms with Crippen LogP contribution < -0.4 is 5.56 Å². The summed E-state index contributed by atoms with van der Waals surface area (Å²) in [6.07, 6.45) is 0. The zero-order valence-electron chi connectivity index (χ0n) is 12.7. The van der Waals surface area contributed by atoms with Gasteiger partial charge in [-0.1, -0.05) is 30.3 Å². The van der Waals surface area contributed by atoms with Crippen molar-refractivity contribution >= 4 is 30.8 Å². The van der Waals surface area contributed by atoms with Crippen LogP contribution in [-0.2, 0) is 14.9 Å². The third kappa shape index (κ3) is 3.35. The number of aromatic nitrogens is 2. The number of aryl methyl sites for hydroxylation is 1. The predicted molar refractivity (Wildman–Crippen MR) is 94.9 cm³/mol. The Balaban J connectivity index is 2.30. The molecule has 0 bridgehead atoms. The van der Waals surface area contributed by atoms with Gasteiger partial charge < -0.3 is 0 Å². The summed E-state index contributed by atoms with van der Waals surface area (Å²) in [5.74, 6) is 0.114. The second-order valence-corrected chi connectivity index (χ2v) is 8.51. The SMILES string of the molecule is Cc1ccccc1-n1c(CSS(=O)(=O)O)nc2ccccc2c1=O. The summed E-state index contributed by atoms with van der Waals surface area (Å²) < 4.78 is 32.5. The molecule has 0 fully saturated rings. The van der Waals surface area contributed by atoms with E-state index in [9.17, 15) is 13.2 Å². The van der Waals surface area contributed by atoms with Gasteiger partial charge in [0.05, 0.1) is 22.3 Å². The number of hydrogen-bond acceptors (Lipinski definition) is 5. The highest BCUT2D eigenvalue weighted by atomic mass is 33.1. The van der Waals surface area contributed by atoms with E-state index in [1.807, 2.05) is 19.1 Å². The number of nitrogens with zero attached hydrogens (tertiary/aromatic N) is 2. The maximum Gasteiger partial charge on any atom is 0.320 e. The van der Waals surface area contributed by atoms with Crippen LogP contribution in [-0.4, -0.2) is 22.5 Å². The van der Waals surface area contributed by atoms with Gasteiger partial charge in [-0.2, -0.15) is 8.42 Å². The molecule has 0 aliphatic rings.